The van der Waals surface area contributed by atoms with Crippen molar-refractivity contribution in [3.63, 3.8) is 0 Å². The van der Waals surface area contributed by atoms with E-state index < -0.39 is 17.2 Å². The van der Waals surface area contributed by atoms with Gasteiger partial charge in [-0.15, -0.1) is 0 Å². The number of aromatic nitrogens is 4. The molecule has 246 valence electrons. The number of imidazole rings is 2. The van der Waals surface area contributed by atoms with Crippen molar-refractivity contribution in [3.05, 3.63) is 71.4 Å². The van der Waals surface area contributed by atoms with Gasteiger partial charge in [0.2, 0.25) is 11.8 Å². The third-order valence-electron chi connectivity index (χ3n) is 10.2. The molecule has 4 fully saturated rings. The minimum Gasteiger partial charge on any atom is -0.453 e. The second-order valence-corrected chi connectivity index (χ2v) is 13.5. The molecule has 8 rings (SSSR count). The molecule has 4 aliphatic rings. The van der Waals surface area contributed by atoms with Crippen LogP contribution in [0, 0.1) is 11.8 Å². The number of likely N-dealkylation sites (tertiary alicyclic amines) is 2. The molecule has 2 aromatic heterocycles. The number of methoxy groups -OCH3 is 1. The Morgan fingerprint density at radius 2 is 1.56 bits per heavy atom. The quantitative estimate of drug-likeness (QED) is 0.230. The number of nitrogens with zero attached hydrogens (tertiary/aromatic N) is 4. The molecular weight excluding hydrogens is 608 g/mol. The summed E-state index contributed by atoms with van der Waals surface area (Å²) in [5.41, 5.74) is 9.95. The number of nitrogens with two attached hydrogens (primary N) is 1. The van der Waals surface area contributed by atoms with Crippen LogP contribution >= 0.6 is 0 Å². The first kappa shape index (κ1) is 30.2. The van der Waals surface area contributed by atoms with Crippen LogP contribution < -0.4 is 11.1 Å². The van der Waals surface area contributed by atoms with Crippen molar-refractivity contribution in [2.45, 2.75) is 74.5 Å². The first-order chi connectivity index (χ1) is 23.2. The Hall–Kier alpha value is -5.15. The normalized spacial score (nSPS) is 21.9. The van der Waals surface area contributed by atoms with Crippen molar-refractivity contribution in [2.75, 3.05) is 20.2 Å². The molecule has 0 unspecified atom stereocenters. The van der Waals surface area contributed by atoms with Crippen LogP contribution in [0.4, 0.5) is 4.79 Å². The van der Waals surface area contributed by atoms with E-state index in [2.05, 4.69) is 32.1 Å². The number of H-pyrrole nitrogens is 2. The zero-order valence-electron chi connectivity index (χ0n) is 26.8. The molecule has 2 saturated carbocycles. The molecule has 12 heteroatoms. The van der Waals surface area contributed by atoms with Crippen LogP contribution in [0.25, 0.3) is 22.3 Å². The number of carbonyl (C=O) groups excluding carboxylic acids is 3. The summed E-state index contributed by atoms with van der Waals surface area (Å²) in [4.78, 5) is 58.3. The van der Waals surface area contributed by atoms with Crippen molar-refractivity contribution in [2.24, 2.45) is 5.73 Å². The molecule has 2 aliphatic carbocycles. The molecule has 2 atom stereocenters. The van der Waals surface area contributed by atoms with Crippen molar-refractivity contribution >= 4 is 28.9 Å². The van der Waals surface area contributed by atoms with Crippen molar-refractivity contribution in [3.8, 4) is 23.1 Å². The topological polar surface area (TPSA) is 162 Å². The van der Waals surface area contributed by atoms with E-state index >= 15 is 0 Å². The largest absolute Gasteiger partial charge is 0.453 e. The summed E-state index contributed by atoms with van der Waals surface area (Å²) in [6.07, 6.45) is 7.47. The fraction of sp³-hybridized carbons (Fsp3) is 0.417. The molecular formula is C36H38N8O4. The molecule has 2 aliphatic heterocycles. The predicted octanol–water partition coefficient (Wildman–Crippen LogP) is 4.06. The van der Waals surface area contributed by atoms with E-state index in [0.717, 1.165) is 90.1 Å². The number of aromatic amines is 2. The first-order valence-corrected chi connectivity index (χ1v) is 16.7. The second kappa shape index (κ2) is 11.5. The van der Waals surface area contributed by atoms with Crippen LogP contribution in [0.15, 0.2) is 48.7 Å². The Morgan fingerprint density at radius 1 is 0.896 bits per heavy atom. The van der Waals surface area contributed by atoms with Crippen LogP contribution in [0.3, 0.4) is 0 Å². The molecule has 0 radical (unpaired) electrons. The summed E-state index contributed by atoms with van der Waals surface area (Å²) in [6.45, 7) is 1.34. The van der Waals surface area contributed by atoms with E-state index in [-0.39, 0.29) is 23.9 Å². The zero-order valence-corrected chi connectivity index (χ0v) is 26.8. The Labute approximate surface area is 277 Å². The van der Waals surface area contributed by atoms with Gasteiger partial charge >= 0.3 is 6.09 Å². The van der Waals surface area contributed by atoms with E-state index in [1.807, 2.05) is 58.5 Å². The number of benzene rings is 2. The summed E-state index contributed by atoms with van der Waals surface area (Å²) in [6, 6.07) is 13.6. The van der Waals surface area contributed by atoms with E-state index in [9.17, 15) is 14.4 Å². The highest BCUT2D eigenvalue weighted by Gasteiger charge is 2.55. The second-order valence-electron chi connectivity index (χ2n) is 13.5. The summed E-state index contributed by atoms with van der Waals surface area (Å²) < 4.78 is 4.74. The molecule has 12 nitrogen and oxygen atoms in total. The number of fused-ring (bicyclic) bond motifs is 1. The molecule has 2 saturated heterocycles. The third kappa shape index (κ3) is 5.48. The van der Waals surface area contributed by atoms with Gasteiger partial charge in [-0.05, 0) is 87.3 Å². The van der Waals surface area contributed by atoms with Gasteiger partial charge in [0, 0.05) is 24.2 Å². The average Bonchev–Trinajstić information content (AvgIpc) is 3.66. The fourth-order valence-corrected chi connectivity index (χ4v) is 7.06. The van der Waals surface area contributed by atoms with Gasteiger partial charge in [-0.1, -0.05) is 24.0 Å². The molecule has 3 amide bonds. The lowest BCUT2D eigenvalue weighted by Gasteiger charge is -2.28. The Bertz CT molecular complexity index is 1980. The highest BCUT2D eigenvalue weighted by Crippen LogP contribution is 2.42. The van der Waals surface area contributed by atoms with E-state index in [1.54, 1.807) is 0 Å². The van der Waals surface area contributed by atoms with Gasteiger partial charge in [0.15, 0.2) is 0 Å². The highest BCUT2D eigenvalue weighted by molar-refractivity contribution is 5.93. The summed E-state index contributed by atoms with van der Waals surface area (Å²) in [5, 5.41) is 2.74. The molecule has 4 aromatic rings. The number of rotatable bonds is 6. The maximum atomic E-state index is 13.5. The molecule has 48 heavy (non-hydrogen) atoms. The monoisotopic (exact) mass is 646 g/mol. The van der Waals surface area contributed by atoms with Crippen LogP contribution in [0.1, 0.15) is 86.2 Å². The SMILES string of the molecule is COC(=O)NC1(C(=O)N2CCC[C@H]2c2nc3ccc(C#Cc4ccc(-c5cnc([C@@H]6CCCN6C(=O)C6(N)CC6)[nH]5)cc4)cc3[nH]2)CC1. The van der Waals surface area contributed by atoms with Crippen LogP contribution in [-0.4, -0.2) is 78.9 Å². The van der Waals surface area contributed by atoms with Gasteiger partial charge < -0.3 is 35.6 Å². The Kier molecular flexibility index (Phi) is 7.25. The number of hydrogen-bond donors (Lipinski definition) is 4. The van der Waals surface area contributed by atoms with E-state index in [4.69, 9.17) is 15.5 Å². The van der Waals surface area contributed by atoms with Gasteiger partial charge in [0.25, 0.3) is 0 Å². The lowest BCUT2D eigenvalue weighted by molar-refractivity contribution is -0.136. The van der Waals surface area contributed by atoms with E-state index in [0.29, 0.717) is 19.4 Å². The molecule has 2 aromatic carbocycles. The van der Waals surface area contributed by atoms with Crippen LogP contribution in [-0.2, 0) is 14.3 Å². The van der Waals surface area contributed by atoms with Gasteiger partial charge in [-0.2, -0.15) is 0 Å². The lowest BCUT2D eigenvalue weighted by Crippen LogP contribution is -2.50. The van der Waals surface area contributed by atoms with Crippen molar-refractivity contribution in [1.29, 1.82) is 0 Å². The zero-order chi connectivity index (χ0) is 33.0. The van der Waals surface area contributed by atoms with Crippen molar-refractivity contribution in [1.82, 2.24) is 35.1 Å². The standard InChI is InChI=1S/C36H38N8O4/c1-48-34(47)42-36(16-17-36)33(46)44-19-3-5-29(44)31-39-25-13-10-23(20-26(25)40-31)7-6-22-8-11-24(12-9-22)27-21-38-30(41-27)28-4-2-18-43(28)32(45)35(37)14-15-35/h8-13,20-21,28-29H,2-5,14-19,37H2,1H3,(H,38,41)(H,39,40)(H,42,47)/t28-,29-/m0/s1. The maximum absolute atomic E-state index is 13.5. The number of alkyl carbamates (subject to hydrolysis) is 1. The average molecular weight is 647 g/mol. The Morgan fingerprint density at radius 3 is 2.25 bits per heavy atom. The number of amides is 3. The van der Waals surface area contributed by atoms with Gasteiger partial charge in [0.05, 0.1) is 47.7 Å². The van der Waals surface area contributed by atoms with Gasteiger partial charge in [-0.25, -0.2) is 14.8 Å². The lowest BCUT2D eigenvalue weighted by atomic mass is 10.1. The van der Waals surface area contributed by atoms with Gasteiger partial charge in [0.1, 0.15) is 17.2 Å². The minimum absolute atomic E-state index is 0.0446. The summed E-state index contributed by atoms with van der Waals surface area (Å²) in [7, 11) is 1.30. The Balaban J connectivity index is 0.942. The van der Waals surface area contributed by atoms with Gasteiger partial charge in [-0.3, -0.25) is 9.59 Å². The molecule has 4 heterocycles. The molecule has 5 N–H and O–H groups in total. The number of ether oxygens (including phenoxy) is 1. The van der Waals surface area contributed by atoms with Crippen molar-refractivity contribution < 1.29 is 19.1 Å². The maximum Gasteiger partial charge on any atom is 0.407 e. The third-order valence-corrected chi connectivity index (χ3v) is 10.2. The molecule has 0 spiro atoms. The summed E-state index contributed by atoms with van der Waals surface area (Å²) >= 11 is 0. The highest BCUT2D eigenvalue weighted by atomic mass is 16.5. The fourth-order valence-electron chi connectivity index (χ4n) is 7.06. The number of nitrogens with one attached hydrogen (secondary N) is 3. The minimum atomic E-state index is -0.868. The first-order valence-electron chi connectivity index (χ1n) is 16.7. The number of carbonyl (C=O) groups is 3. The summed E-state index contributed by atoms with van der Waals surface area (Å²) in [5.74, 6) is 8.03. The van der Waals surface area contributed by atoms with Crippen LogP contribution in [0.2, 0.25) is 0 Å². The smallest absolute Gasteiger partial charge is 0.407 e. The van der Waals surface area contributed by atoms with Crippen LogP contribution in [0.5, 0.6) is 0 Å². The number of hydrogen-bond acceptors (Lipinski definition) is 7. The predicted molar refractivity (Wildman–Crippen MR) is 177 cm³/mol. The van der Waals surface area contributed by atoms with E-state index in [1.165, 1.54) is 7.11 Å². The molecule has 0 bridgehead atoms.